The summed E-state index contributed by atoms with van der Waals surface area (Å²) in [4.78, 5) is 0. The lowest BCUT2D eigenvalue weighted by Crippen LogP contribution is -2.22. The Kier molecular flexibility index (Phi) is 3.27. The van der Waals surface area contributed by atoms with Gasteiger partial charge in [-0.15, -0.1) is 0 Å². The molecule has 0 spiro atoms. The summed E-state index contributed by atoms with van der Waals surface area (Å²) in [6.07, 6.45) is 1.94. The first-order valence-electron chi connectivity index (χ1n) is 7.19. The van der Waals surface area contributed by atoms with Crippen molar-refractivity contribution in [1.82, 2.24) is 0 Å². The van der Waals surface area contributed by atoms with Crippen molar-refractivity contribution >= 4 is 0 Å². The molecule has 2 heteroatoms. The van der Waals surface area contributed by atoms with Gasteiger partial charge in [-0.1, -0.05) is 37.3 Å². The van der Waals surface area contributed by atoms with Crippen molar-refractivity contribution in [2.45, 2.75) is 32.3 Å². The van der Waals surface area contributed by atoms with E-state index in [-0.39, 0.29) is 0 Å². The van der Waals surface area contributed by atoms with E-state index in [0.717, 1.165) is 36.3 Å². The number of ether oxygens (including phenoxy) is 1. The van der Waals surface area contributed by atoms with Crippen molar-refractivity contribution in [3.05, 3.63) is 64.7 Å². The third-order valence-corrected chi connectivity index (χ3v) is 4.18. The first kappa shape index (κ1) is 13.2. The number of aliphatic hydroxyl groups is 1. The monoisotopic (exact) mass is 268 g/mol. The van der Waals surface area contributed by atoms with E-state index in [4.69, 9.17) is 4.74 Å². The average molecular weight is 268 g/mol. The van der Waals surface area contributed by atoms with E-state index < -0.39 is 5.60 Å². The zero-order chi connectivity index (χ0) is 14.2. The first-order valence-corrected chi connectivity index (χ1v) is 7.19. The number of fused-ring (bicyclic) bond motifs is 1. The van der Waals surface area contributed by atoms with Gasteiger partial charge in [0.1, 0.15) is 11.4 Å². The Hall–Kier alpha value is -1.80. The number of rotatable bonds is 3. The third-order valence-electron chi connectivity index (χ3n) is 4.18. The Balaban J connectivity index is 1.97. The van der Waals surface area contributed by atoms with Gasteiger partial charge in [0, 0.05) is 6.42 Å². The van der Waals surface area contributed by atoms with Gasteiger partial charge in [-0.3, -0.25) is 0 Å². The number of benzene rings is 2. The van der Waals surface area contributed by atoms with E-state index in [9.17, 15) is 5.11 Å². The average Bonchev–Trinajstić information content (AvgIpc) is 2.94. The van der Waals surface area contributed by atoms with Crippen LogP contribution in [0.2, 0.25) is 0 Å². The van der Waals surface area contributed by atoms with E-state index in [2.05, 4.69) is 25.1 Å². The SMILES string of the molecule is CCc1ccc(C(C)(O)c2ccc3c(c2)CCO3)cc1. The molecule has 0 fully saturated rings. The van der Waals surface area contributed by atoms with Gasteiger partial charge in [0.25, 0.3) is 0 Å². The summed E-state index contributed by atoms with van der Waals surface area (Å²) in [6.45, 7) is 4.73. The Labute approximate surface area is 120 Å². The highest BCUT2D eigenvalue weighted by molar-refractivity contribution is 5.45. The molecule has 2 nitrogen and oxygen atoms in total. The highest BCUT2D eigenvalue weighted by Crippen LogP contribution is 2.34. The number of hydrogen-bond donors (Lipinski definition) is 1. The summed E-state index contributed by atoms with van der Waals surface area (Å²) in [7, 11) is 0. The molecule has 0 aliphatic carbocycles. The van der Waals surface area contributed by atoms with Crippen LogP contribution in [0.5, 0.6) is 5.75 Å². The molecule has 1 atom stereocenters. The summed E-state index contributed by atoms with van der Waals surface area (Å²) in [5.74, 6) is 0.950. The van der Waals surface area contributed by atoms with Gasteiger partial charge >= 0.3 is 0 Å². The van der Waals surface area contributed by atoms with Crippen molar-refractivity contribution in [3.63, 3.8) is 0 Å². The topological polar surface area (TPSA) is 29.5 Å². The maximum Gasteiger partial charge on any atom is 0.122 e. The molecule has 104 valence electrons. The van der Waals surface area contributed by atoms with Crippen LogP contribution >= 0.6 is 0 Å². The second kappa shape index (κ2) is 4.95. The summed E-state index contributed by atoms with van der Waals surface area (Å²) >= 11 is 0. The van der Waals surface area contributed by atoms with E-state index in [1.54, 1.807) is 0 Å². The lowest BCUT2D eigenvalue weighted by Gasteiger charge is -2.25. The lowest BCUT2D eigenvalue weighted by atomic mass is 9.86. The quantitative estimate of drug-likeness (QED) is 0.924. The predicted molar refractivity (Wildman–Crippen MR) is 80.1 cm³/mol. The van der Waals surface area contributed by atoms with Gasteiger partial charge in [0.05, 0.1) is 6.61 Å². The minimum atomic E-state index is -0.968. The van der Waals surface area contributed by atoms with Gasteiger partial charge in [0.15, 0.2) is 0 Å². The molecule has 1 unspecified atom stereocenters. The van der Waals surface area contributed by atoms with Crippen molar-refractivity contribution in [2.75, 3.05) is 6.61 Å². The molecular weight excluding hydrogens is 248 g/mol. The smallest absolute Gasteiger partial charge is 0.122 e. The Morgan fingerprint density at radius 1 is 1.10 bits per heavy atom. The molecule has 3 rings (SSSR count). The fourth-order valence-corrected chi connectivity index (χ4v) is 2.72. The van der Waals surface area contributed by atoms with Crippen LogP contribution in [0.15, 0.2) is 42.5 Å². The van der Waals surface area contributed by atoms with Gasteiger partial charge in [-0.25, -0.2) is 0 Å². The Morgan fingerprint density at radius 2 is 1.80 bits per heavy atom. The molecule has 0 saturated carbocycles. The van der Waals surface area contributed by atoms with Crippen molar-refractivity contribution < 1.29 is 9.84 Å². The summed E-state index contributed by atoms with van der Waals surface area (Å²) < 4.78 is 5.52. The molecule has 0 amide bonds. The fraction of sp³-hybridized carbons (Fsp3) is 0.333. The molecule has 20 heavy (non-hydrogen) atoms. The summed E-state index contributed by atoms with van der Waals surface area (Å²) in [5, 5.41) is 10.9. The first-order chi connectivity index (χ1) is 9.61. The van der Waals surface area contributed by atoms with Crippen LogP contribution < -0.4 is 4.74 Å². The van der Waals surface area contributed by atoms with Crippen molar-refractivity contribution in [3.8, 4) is 5.75 Å². The molecule has 1 N–H and O–H groups in total. The minimum Gasteiger partial charge on any atom is -0.493 e. The fourth-order valence-electron chi connectivity index (χ4n) is 2.72. The zero-order valence-electron chi connectivity index (χ0n) is 12.0. The highest BCUT2D eigenvalue weighted by atomic mass is 16.5. The standard InChI is InChI=1S/C18H20O2/c1-3-13-4-6-15(7-5-13)18(2,19)16-8-9-17-14(12-16)10-11-20-17/h4-9,12,19H,3,10-11H2,1-2H3. The van der Waals surface area contributed by atoms with Crippen LogP contribution in [0.25, 0.3) is 0 Å². The summed E-state index contributed by atoms with van der Waals surface area (Å²) in [5.41, 5.74) is 3.35. The molecule has 1 aliphatic rings. The molecule has 0 aromatic heterocycles. The van der Waals surface area contributed by atoms with Crippen LogP contribution in [0.4, 0.5) is 0 Å². The molecule has 0 saturated heterocycles. The molecular formula is C18H20O2. The normalized spacial score (nSPS) is 16.4. The van der Waals surface area contributed by atoms with Crippen LogP contribution in [0.1, 0.15) is 36.1 Å². The number of aryl methyl sites for hydroxylation is 1. The lowest BCUT2D eigenvalue weighted by molar-refractivity contribution is 0.102. The zero-order valence-corrected chi connectivity index (χ0v) is 12.0. The molecule has 0 bridgehead atoms. The molecule has 2 aromatic rings. The van der Waals surface area contributed by atoms with Gasteiger partial charge < -0.3 is 9.84 Å². The van der Waals surface area contributed by atoms with Gasteiger partial charge in [0.2, 0.25) is 0 Å². The van der Waals surface area contributed by atoms with Crippen LogP contribution in [0.3, 0.4) is 0 Å². The number of hydrogen-bond acceptors (Lipinski definition) is 2. The molecule has 1 heterocycles. The minimum absolute atomic E-state index is 0.742. The predicted octanol–water partition coefficient (Wildman–Crippen LogP) is 3.44. The Morgan fingerprint density at radius 3 is 2.50 bits per heavy atom. The van der Waals surface area contributed by atoms with Gasteiger partial charge in [-0.05, 0) is 47.7 Å². The van der Waals surface area contributed by atoms with E-state index in [1.807, 2.05) is 31.2 Å². The summed E-state index contributed by atoms with van der Waals surface area (Å²) in [6, 6.07) is 14.2. The second-order valence-electron chi connectivity index (χ2n) is 5.54. The maximum atomic E-state index is 10.9. The van der Waals surface area contributed by atoms with Gasteiger partial charge in [-0.2, -0.15) is 0 Å². The van der Waals surface area contributed by atoms with Crippen molar-refractivity contribution in [1.29, 1.82) is 0 Å². The van der Waals surface area contributed by atoms with E-state index in [1.165, 1.54) is 11.1 Å². The molecule has 1 aliphatic heterocycles. The third kappa shape index (κ3) is 2.20. The highest BCUT2D eigenvalue weighted by Gasteiger charge is 2.27. The van der Waals surface area contributed by atoms with Crippen molar-refractivity contribution in [2.24, 2.45) is 0 Å². The van der Waals surface area contributed by atoms with Crippen LogP contribution in [0, 0.1) is 0 Å². The maximum absolute atomic E-state index is 10.9. The largest absolute Gasteiger partial charge is 0.493 e. The second-order valence-corrected chi connectivity index (χ2v) is 5.54. The van der Waals surface area contributed by atoms with E-state index >= 15 is 0 Å². The molecule has 2 aromatic carbocycles. The molecule has 0 radical (unpaired) electrons. The van der Waals surface area contributed by atoms with Crippen LogP contribution in [-0.2, 0) is 18.4 Å². The van der Waals surface area contributed by atoms with Crippen LogP contribution in [-0.4, -0.2) is 11.7 Å². The Bertz CT molecular complexity index is 612. The van der Waals surface area contributed by atoms with E-state index in [0.29, 0.717) is 0 Å².